The first-order valence-electron chi connectivity index (χ1n) is 10.2. The number of carbonyl (C=O) groups is 2. The molecule has 5 nitrogen and oxygen atoms in total. The van der Waals surface area contributed by atoms with Crippen molar-refractivity contribution in [3.63, 3.8) is 0 Å². The van der Waals surface area contributed by atoms with Crippen LogP contribution < -0.4 is 15.0 Å². The number of benzene rings is 3. The third-order valence-electron chi connectivity index (χ3n) is 5.83. The lowest BCUT2D eigenvalue weighted by atomic mass is 10.0. The molecule has 2 amide bonds. The summed E-state index contributed by atoms with van der Waals surface area (Å²) in [6, 6.07) is 24.6. The van der Waals surface area contributed by atoms with Gasteiger partial charge in [-0.1, -0.05) is 48.5 Å². The molecule has 3 aromatic carbocycles. The molecule has 0 aromatic heterocycles. The highest BCUT2D eigenvalue weighted by molar-refractivity contribution is 6.18. The van der Waals surface area contributed by atoms with Gasteiger partial charge in [0, 0.05) is 12.2 Å². The van der Waals surface area contributed by atoms with Gasteiger partial charge in [-0.05, 0) is 55.2 Å². The summed E-state index contributed by atoms with van der Waals surface area (Å²) < 4.78 is 5.94. The minimum atomic E-state index is -0.989. The van der Waals surface area contributed by atoms with Gasteiger partial charge in [-0.25, -0.2) is 0 Å². The van der Waals surface area contributed by atoms with Crippen LogP contribution >= 0.6 is 0 Å². The Hall–Kier alpha value is -3.60. The van der Waals surface area contributed by atoms with Crippen molar-refractivity contribution in [2.75, 3.05) is 16.8 Å². The molecule has 1 saturated carbocycles. The number of ether oxygens (including phenoxy) is 1. The lowest BCUT2D eigenvalue weighted by molar-refractivity contribution is -0.132. The highest BCUT2D eigenvalue weighted by Gasteiger charge is 2.58. The van der Waals surface area contributed by atoms with Crippen LogP contribution in [0.2, 0.25) is 0 Å². The van der Waals surface area contributed by atoms with Gasteiger partial charge in [0.2, 0.25) is 11.8 Å². The smallest absolute Gasteiger partial charge is 0.242 e. The number of fused-ring (bicyclic) bond motifs is 1. The lowest BCUT2D eigenvalue weighted by Crippen LogP contribution is -2.42. The molecule has 1 heterocycles. The molecule has 1 N–H and O–H groups in total. The van der Waals surface area contributed by atoms with E-state index in [-0.39, 0.29) is 11.8 Å². The number of carbonyl (C=O) groups excluding carboxylic acids is 2. The van der Waals surface area contributed by atoms with Gasteiger partial charge < -0.3 is 15.0 Å². The maximum Gasteiger partial charge on any atom is 0.242 e. The zero-order valence-electron chi connectivity index (χ0n) is 16.5. The first-order chi connectivity index (χ1) is 14.7. The molecule has 0 saturated heterocycles. The summed E-state index contributed by atoms with van der Waals surface area (Å²) in [5.41, 5.74) is 1.66. The molecular formula is C25H22N2O3. The van der Waals surface area contributed by atoms with Crippen LogP contribution in [0.1, 0.15) is 18.4 Å². The van der Waals surface area contributed by atoms with Gasteiger partial charge >= 0.3 is 0 Å². The average molecular weight is 398 g/mol. The molecule has 0 radical (unpaired) electrons. The van der Waals surface area contributed by atoms with E-state index in [2.05, 4.69) is 5.32 Å². The molecule has 1 fully saturated rings. The predicted molar refractivity (Wildman–Crippen MR) is 116 cm³/mol. The van der Waals surface area contributed by atoms with Crippen molar-refractivity contribution in [3.05, 3.63) is 84.4 Å². The number of rotatable bonds is 5. The van der Waals surface area contributed by atoms with Crippen molar-refractivity contribution >= 4 is 23.2 Å². The minimum Gasteiger partial charge on any atom is -0.455 e. The quantitative estimate of drug-likeness (QED) is 0.629. The fourth-order valence-corrected chi connectivity index (χ4v) is 3.99. The molecule has 1 aliphatic carbocycles. The van der Waals surface area contributed by atoms with E-state index in [4.69, 9.17) is 4.74 Å². The Bertz CT molecular complexity index is 1110. The fourth-order valence-electron chi connectivity index (χ4n) is 3.99. The molecule has 5 heteroatoms. The Morgan fingerprint density at radius 2 is 1.57 bits per heavy atom. The van der Waals surface area contributed by atoms with E-state index in [1.54, 1.807) is 17.0 Å². The molecular weight excluding hydrogens is 376 g/mol. The van der Waals surface area contributed by atoms with E-state index < -0.39 is 5.41 Å². The molecule has 1 aliphatic heterocycles. The number of anilines is 2. The van der Waals surface area contributed by atoms with Crippen molar-refractivity contribution in [1.82, 2.24) is 0 Å². The van der Waals surface area contributed by atoms with Crippen molar-refractivity contribution in [1.29, 1.82) is 0 Å². The molecule has 0 atom stereocenters. The lowest BCUT2D eigenvalue weighted by Gasteiger charge is -2.23. The third-order valence-corrected chi connectivity index (χ3v) is 5.83. The Morgan fingerprint density at radius 1 is 0.867 bits per heavy atom. The van der Waals surface area contributed by atoms with Gasteiger partial charge in [-0.2, -0.15) is 0 Å². The van der Waals surface area contributed by atoms with Crippen LogP contribution in [0.25, 0.3) is 0 Å². The van der Waals surface area contributed by atoms with Crippen molar-refractivity contribution in [2.45, 2.75) is 19.3 Å². The molecule has 30 heavy (non-hydrogen) atoms. The summed E-state index contributed by atoms with van der Waals surface area (Å²) in [5, 5.41) is 2.95. The second-order valence-electron chi connectivity index (χ2n) is 7.78. The molecule has 5 rings (SSSR count). The third kappa shape index (κ3) is 3.22. The molecule has 0 bridgehead atoms. The van der Waals surface area contributed by atoms with Crippen LogP contribution in [-0.2, 0) is 16.0 Å². The maximum absolute atomic E-state index is 13.3. The van der Waals surface area contributed by atoms with E-state index in [0.717, 1.165) is 17.7 Å². The molecule has 2 aliphatic rings. The zero-order chi connectivity index (χ0) is 20.6. The number of hydrogen-bond donors (Lipinski definition) is 1. The van der Waals surface area contributed by atoms with Gasteiger partial charge in [-0.15, -0.1) is 0 Å². The van der Waals surface area contributed by atoms with E-state index in [9.17, 15) is 9.59 Å². The normalized spacial score (nSPS) is 15.9. The van der Waals surface area contributed by atoms with Crippen LogP contribution in [0.3, 0.4) is 0 Å². The monoisotopic (exact) mass is 398 g/mol. The van der Waals surface area contributed by atoms with Crippen molar-refractivity contribution < 1.29 is 14.3 Å². The second-order valence-corrected chi connectivity index (χ2v) is 7.78. The van der Waals surface area contributed by atoms with E-state index in [1.165, 1.54) is 0 Å². The number of hydrogen-bond acceptors (Lipinski definition) is 3. The summed E-state index contributed by atoms with van der Waals surface area (Å²) in [6.07, 6.45) is 1.96. The highest BCUT2D eigenvalue weighted by Crippen LogP contribution is 2.50. The number of nitrogens with zero attached hydrogens (tertiary/aromatic N) is 1. The molecule has 150 valence electrons. The molecule has 0 spiro atoms. The number of para-hydroxylation sites is 4. The van der Waals surface area contributed by atoms with E-state index in [1.807, 2.05) is 66.7 Å². The summed E-state index contributed by atoms with van der Waals surface area (Å²) in [4.78, 5) is 28.3. The summed E-state index contributed by atoms with van der Waals surface area (Å²) in [7, 11) is 0. The Labute approximate surface area is 175 Å². The van der Waals surface area contributed by atoms with Gasteiger partial charge in [0.15, 0.2) is 5.75 Å². The van der Waals surface area contributed by atoms with E-state index in [0.29, 0.717) is 36.6 Å². The summed E-state index contributed by atoms with van der Waals surface area (Å²) in [5.74, 6) is 0.865. The predicted octanol–water partition coefficient (Wildman–Crippen LogP) is 4.79. The van der Waals surface area contributed by atoms with Gasteiger partial charge in [-0.3, -0.25) is 9.59 Å². The average Bonchev–Trinajstić information content (AvgIpc) is 3.49. The topological polar surface area (TPSA) is 58.6 Å². The molecule has 3 aromatic rings. The van der Waals surface area contributed by atoms with Crippen molar-refractivity contribution in [2.24, 2.45) is 5.41 Å². The van der Waals surface area contributed by atoms with E-state index >= 15 is 0 Å². The SMILES string of the molecule is O=C(Nc1ccccc1Oc1ccccc1)C1(C(=O)N2CCc3ccccc32)CC1. The fraction of sp³-hybridized carbons (Fsp3) is 0.200. The van der Waals surface area contributed by atoms with Crippen LogP contribution in [-0.4, -0.2) is 18.4 Å². The van der Waals surface area contributed by atoms with Crippen LogP contribution in [0, 0.1) is 5.41 Å². The van der Waals surface area contributed by atoms with Crippen LogP contribution in [0.5, 0.6) is 11.5 Å². The zero-order valence-corrected chi connectivity index (χ0v) is 16.5. The number of nitrogens with one attached hydrogen (secondary N) is 1. The molecule has 0 unspecified atom stereocenters. The first kappa shape index (κ1) is 18.4. The van der Waals surface area contributed by atoms with Crippen molar-refractivity contribution in [3.8, 4) is 11.5 Å². The maximum atomic E-state index is 13.3. The first-order valence-corrected chi connectivity index (χ1v) is 10.2. The summed E-state index contributed by atoms with van der Waals surface area (Å²) in [6.45, 7) is 0.626. The second kappa shape index (κ2) is 7.34. The largest absolute Gasteiger partial charge is 0.455 e. The van der Waals surface area contributed by atoms with Crippen LogP contribution in [0.4, 0.5) is 11.4 Å². The Balaban J connectivity index is 1.36. The number of amides is 2. The van der Waals surface area contributed by atoms with Gasteiger partial charge in [0.1, 0.15) is 11.2 Å². The Kier molecular flexibility index (Phi) is 4.51. The standard InChI is InChI=1S/C25H22N2O3/c28-23(26-20-11-5-7-13-22(20)30-19-9-2-1-3-10-19)25(15-16-25)24(29)27-17-14-18-8-4-6-12-21(18)27/h1-13H,14-17H2,(H,26,28). The Morgan fingerprint density at radius 3 is 2.37 bits per heavy atom. The highest BCUT2D eigenvalue weighted by atomic mass is 16.5. The van der Waals surface area contributed by atoms with Crippen LogP contribution in [0.15, 0.2) is 78.9 Å². The minimum absolute atomic E-state index is 0.105. The summed E-state index contributed by atoms with van der Waals surface area (Å²) >= 11 is 0. The van der Waals surface area contributed by atoms with Gasteiger partial charge in [0.05, 0.1) is 5.69 Å². The van der Waals surface area contributed by atoms with Gasteiger partial charge in [0.25, 0.3) is 0 Å².